The minimum atomic E-state index is -0.498. The van der Waals surface area contributed by atoms with E-state index in [-0.39, 0.29) is 18.1 Å². The van der Waals surface area contributed by atoms with Crippen LogP contribution in [0.5, 0.6) is 0 Å². The molecular formula is C19H25NO2. The maximum absolute atomic E-state index is 12.3. The van der Waals surface area contributed by atoms with Gasteiger partial charge in [-0.3, -0.25) is 9.59 Å². The van der Waals surface area contributed by atoms with Crippen molar-refractivity contribution in [3.8, 4) is 0 Å². The summed E-state index contributed by atoms with van der Waals surface area (Å²) in [4.78, 5) is 25.9. The Morgan fingerprint density at radius 2 is 1.59 bits per heavy atom. The number of nitrogens with zero attached hydrogens (tertiary/aromatic N) is 1. The lowest BCUT2D eigenvalue weighted by Crippen LogP contribution is -2.49. The lowest BCUT2D eigenvalue weighted by atomic mass is 9.72. The predicted octanol–water partition coefficient (Wildman–Crippen LogP) is 3.44. The minimum Gasteiger partial charge on any atom is -0.333 e. The van der Waals surface area contributed by atoms with Crippen LogP contribution in [0.3, 0.4) is 0 Å². The van der Waals surface area contributed by atoms with Crippen molar-refractivity contribution in [2.45, 2.75) is 64.3 Å². The molecule has 1 aliphatic heterocycles. The molecular weight excluding hydrogens is 274 g/mol. The first-order valence-corrected chi connectivity index (χ1v) is 8.23. The standard InChI is InChI=1S/C19H25NO2/c1-12-9-16(10-13(2)14(12)3)15-5-7-19(8-6-15)17(21)11-18(22)20(19)4/h9-10,15H,5-8,11H2,1-4H3. The number of carbonyl (C=O) groups excluding carboxylic acids is 2. The highest BCUT2D eigenvalue weighted by atomic mass is 16.2. The van der Waals surface area contributed by atoms with Crippen LogP contribution in [0, 0.1) is 20.8 Å². The zero-order chi connectivity index (χ0) is 16.1. The van der Waals surface area contributed by atoms with Gasteiger partial charge in [0.15, 0.2) is 5.78 Å². The summed E-state index contributed by atoms with van der Waals surface area (Å²) in [6.45, 7) is 6.51. The van der Waals surface area contributed by atoms with E-state index in [2.05, 4.69) is 32.9 Å². The molecule has 0 radical (unpaired) electrons. The van der Waals surface area contributed by atoms with Crippen molar-refractivity contribution >= 4 is 11.7 Å². The Kier molecular flexibility index (Phi) is 3.62. The highest BCUT2D eigenvalue weighted by molar-refractivity contribution is 6.10. The average Bonchev–Trinajstić information content (AvgIpc) is 2.69. The molecule has 0 N–H and O–H groups in total. The SMILES string of the molecule is Cc1cc(C2CCC3(CC2)C(=O)CC(=O)N3C)cc(C)c1C. The lowest BCUT2D eigenvalue weighted by Gasteiger charge is -2.40. The molecule has 1 aromatic rings. The van der Waals surface area contributed by atoms with Crippen molar-refractivity contribution in [3.05, 3.63) is 34.4 Å². The van der Waals surface area contributed by atoms with Crippen molar-refractivity contribution in [2.24, 2.45) is 0 Å². The maximum atomic E-state index is 12.3. The number of aryl methyl sites for hydroxylation is 2. The van der Waals surface area contributed by atoms with Gasteiger partial charge < -0.3 is 4.90 Å². The third-order valence-electron chi connectivity index (χ3n) is 6.08. The molecule has 0 atom stereocenters. The first-order chi connectivity index (χ1) is 10.3. The van der Waals surface area contributed by atoms with Gasteiger partial charge in [0.25, 0.3) is 0 Å². The zero-order valence-electron chi connectivity index (χ0n) is 14.0. The van der Waals surface area contributed by atoms with Crippen LogP contribution in [0.4, 0.5) is 0 Å². The molecule has 2 aliphatic rings. The first kappa shape index (κ1) is 15.3. The molecule has 118 valence electrons. The van der Waals surface area contributed by atoms with Crippen molar-refractivity contribution in [3.63, 3.8) is 0 Å². The van der Waals surface area contributed by atoms with Crippen molar-refractivity contribution in [1.29, 1.82) is 0 Å². The quantitative estimate of drug-likeness (QED) is 0.745. The largest absolute Gasteiger partial charge is 0.333 e. The summed E-state index contributed by atoms with van der Waals surface area (Å²) in [6, 6.07) is 4.60. The molecule has 1 aromatic carbocycles. The number of benzene rings is 1. The van der Waals surface area contributed by atoms with Gasteiger partial charge in [0.05, 0.1) is 6.42 Å². The second-order valence-electron chi connectivity index (χ2n) is 7.14. The van der Waals surface area contributed by atoms with Crippen molar-refractivity contribution < 1.29 is 9.59 Å². The number of carbonyl (C=O) groups is 2. The normalized spacial score (nSPS) is 28.7. The Labute approximate surface area is 132 Å². The number of amides is 1. The molecule has 1 aliphatic carbocycles. The van der Waals surface area contributed by atoms with Gasteiger partial charge in [0, 0.05) is 7.05 Å². The number of ketones is 1. The molecule has 1 spiro atoms. The van der Waals surface area contributed by atoms with E-state index in [0.29, 0.717) is 5.92 Å². The van der Waals surface area contributed by atoms with E-state index >= 15 is 0 Å². The summed E-state index contributed by atoms with van der Waals surface area (Å²) in [6.07, 6.45) is 3.70. The molecule has 1 saturated heterocycles. The number of hydrogen-bond acceptors (Lipinski definition) is 2. The summed E-state index contributed by atoms with van der Waals surface area (Å²) in [5.74, 6) is 0.640. The number of likely N-dealkylation sites (N-methyl/N-ethyl adjacent to an activating group) is 1. The summed E-state index contributed by atoms with van der Waals surface area (Å²) in [7, 11) is 1.80. The van der Waals surface area contributed by atoms with E-state index in [1.807, 2.05) is 0 Å². The molecule has 1 amide bonds. The van der Waals surface area contributed by atoms with E-state index in [4.69, 9.17) is 0 Å². The second kappa shape index (κ2) is 5.22. The van der Waals surface area contributed by atoms with Crippen LogP contribution in [0.15, 0.2) is 12.1 Å². The second-order valence-corrected chi connectivity index (χ2v) is 7.14. The van der Waals surface area contributed by atoms with Gasteiger partial charge in [0.2, 0.25) is 5.91 Å². The Hall–Kier alpha value is -1.64. The van der Waals surface area contributed by atoms with E-state index in [1.54, 1.807) is 11.9 Å². The van der Waals surface area contributed by atoms with Crippen LogP contribution in [-0.4, -0.2) is 29.2 Å². The summed E-state index contributed by atoms with van der Waals surface area (Å²) >= 11 is 0. The fourth-order valence-corrected chi connectivity index (χ4v) is 4.19. The highest BCUT2D eigenvalue weighted by Gasteiger charge is 2.51. The van der Waals surface area contributed by atoms with E-state index in [9.17, 15) is 9.59 Å². The van der Waals surface area contributed by atoms with E-state index in [0.717, 1.165) is 25.7 Å². The number of Topliss-reactive ketones (excluding diaryl/α,β-unsaturated/α-hetero) is 1. The number of likely N-dealkylation sites (tertiary alicyclic amines) is 1. The van der Waals surface area contributed by atoms with Crippen LogP contribution < -0.4 is 0 Å². The average molecular weight is 299 g/mol. The van der Waals surface area contributed by atoms with Crippen LogP contribution in [0.25, 0.3) is 0 Å². The minimum absolute atomic E-state index is 0.00882. The highest BCUT2D eigenvalue weighted by Crippen LogP contribution is 2.44. The zero-order valence-corrected chi connectivity index (χ0v) is 14.0. The molecule has 3 nitrogen and oxygen atoms in total. The van der Waals surface area contributed by atoms with Crippen LogP contribution in [0.2, 0.25) is 0 Å². The molecule has 0 unspecified atom stereocenters. The van der Waals surface area contributed by atoms with E-state index < -0.39 is 5.54 Å². The third kappa shape index (κ3) is 2.18. The Morgan fingerprint density at radius 1 is 1.05 bits per heavy atom. The molecule has 0 aromatic heterocycles. The third-order valence-corrected chi connectivity index (χ3v) is 6.08. The fourth-order valence-electron chi connectivity index (χ4n) is 4.19. The Bertz CT molecular complexity index is 616. The fraction of sp³-hybridized carbons (Fsp3) is 0.579. The molecule has 3 heteroatoms. The molecule has 1 saturated carbocycles. The van der Waals surface area contributed by atoms with Gasteiger partial charge in [-0.15, -0.1) is 0 Å². The molecule has 1 heterocycles. The monoisotopic (exact) mass is 299 g/mol. The summed E-state index contributed by atoms with van der Waals surface area (Å²) in [5, 5.41) is 0. The van der Waals surface area contributed by atoms with Gasteiger partial charge in [0.1, 0.15) is 5.54 Å². The maximum Gasteiger partial charge on any atom is 0.230 e. The number of rotatable bonds is 1. The number of hydrogen-bond donors (Lipinski definition) is 0. The molecule has 22 heavy (non-hydrogen) atoms. The molecule has 3 rings (SSSR count). The molecule has 0 bridgehead atoms. The van der Waals surface area contributed by atoms with Crippen LogP contribution in [0.1, 0.15) is 60.3 Å². The summed E-state index contributed by atoms with van der Waals surface area (Å²) < 4.78 is 0. The van der Waals surface area contributed by atoms with Gasteiger partial charge in [-0.1, -0.05) is 12.1 Å². The first-order valence-electron chi connectivity index (χ1n) is 8.23. The van der Waals surface area contributed by atoms with E-state index in [1.165, 1.54) is 22.3 Å². The van der Waals surface area contributed by atoms with Crippen molar-refractivity contribution in [2.75, 3.05) is 7.05 Å². The van der Waals surface area contributed by atoms with Crippen LogP contribution in [-0.2, 0) is 9.59 Å². The van der Waals surface area contributed by atoms with Crippen molar-refractivity contribution in [1.82, 2.24) is 4.90 Å². The molecule has 2 fully saturated rings. The Balaban J connectivity index is 1.80. The van der Waals surface area contributed by atoms with Crippen LogP contribution >= 0.6 is 0 Å². The lowest BCUT2D eigenvalue weighted by molar-refractivity contribution is -0.132. The smallest absolute Gasteiger partial charge is 0.230 e. The van der Waals surface area contributed by atoms with Gasteiger partial charge in [-0.25, -0.2) is 0 Å². The summed E-state index contributed by atoms with van der Waals surface area (Å²) in [5.41, 5.74) is 4.96. The topological polar surface area (TPSA) is 37.4 Å². The van der Waals surface area contributed by atoms with Gasteiger partial charge in [-0.2, -0.15) is 0 Å². The predicted molar refractivity (Wildman–Crippen MR) is 87.0 cm³/mol. The Morgan fingerprint density at radius 3 is 2.05 bits per heavy atom. The van der Waals surface area contributed by atoms with Gasteiger partial charge >= 0.3 is 0 Å². The van der Waals surface area contributed by atoms with Gasteiger partial charge in [-0.05, 0) is 74.6 Å².